The van der Waals surface area contributed by atoms with E-state index >= 15 is 0 Å². The Bertz CT molecular complexity index is 1250. The molecule has 0 radical (unpaired) electrons. The zero-order valence-electron chi connectivity index (χ0n) is 17.8. The molecule has 0 aliphatic heterocycles. The molecule has 2 aromatic heterocycles. The van der Waals surface area contributed by atoms with E-state index in [1.807, 2.05) is 24.3 Å². The van der Waals surface area contributed by atoms with Gasteiger partial charge in [-0.3, -0.25) is 9.59 Å². The lowest BCUT2D eigenvalue weighted by molar-refractivity contribution is -0.117. The molecule has 1 aromatic carbocycles. The minimum atomic E-state index is -1.05. The van der Waals surface area contributed by atoms with E-state index in [0.717, 1.165) is 46.5 Å². The summed E-state index contributed by atoms with van der Waals surface area (Å²) in [5, 5.41) is 2.73. The van der Waals surface area contributed by atoms with E-state index in [-0.39, 0.29) is 29.4 Å². The molecule has 6 heteroatoms. The molecule has 3 aromatic rings. The third-order valence-electron chi connectivity index (χ3n) is 7.25. The van der Waals surface area contributed by atoms with Crippen molar-refractivity contribution < 1.29 is 14.0 Å². The molecule has 2 heterocycles. The van der Waals surface area contributed by atoms with Gasteiger partial charge >= 0.3 is 0 Å². The first-order valence-corrected chi connectivity index (χ1v) is 11.2. The molecule has 5 nitrogen and oxygen atoms in total. The largest absolute Gasteiger partial charge is 0.358 e. The van der Waals surface area contributed by atoms with E-state index < -0.39 is 12.1 Å². The molecular formula is C26H24FN3O2. The molecule has 0 spiro atoms. The second-order valence-electron chi connectivity index (χ2n) is 9.72. The number of benzene rings is 1. The molecular weight excluding hydrogens is 405 g/mol. The highest BCUT2D eigenvalue weighted by molar-refractivity contribution is 6.05. The quantitative estimate of drug-likeness (QED) is 0.616. The van der Waals surface area contributed by atoms with Crippen molar-refractivity contribution in [2.45, 2.75) is 38.8 Å². The number of aromatic nitrogens is 2. The van der Waals surface area contributed by atoms with Crippen molar-refractivity contribution in [1.82, 2.24) is 9.97 Å². The second kappa shape index (κ2) is 6.86. The lowest BCUT2D eigenvalue weighted by Crippen LogP contribution is -2.20. The predicted octanol–water partition coefficient (Wildman–Crippen LogP) is 4.73. The number of pyridine rings is 1. The summed E-state index contributed by atoms with van der Waals surface area (Å²) in [6, 6.07) is 13.8. The summed E-state index contributed by atoms with van der Waals surface area (Å²) in [5.41, 5.74) is 5.80. The predicted molar refractivity (Wildman–Crippen MR) is 119 cm³/mol. The van der Waals surface area contributed by atoms with Gasteiger partial charge in [0, 0.05) is 35.4 Å². The number of H-pyrrole nitrogens is 1. The summed E-state index contributed by atoms with van der Waals surface area (Å²) in [5.74, 6) is -0.149. The van der Waals surface area contributed by atoms with Gasteiger partial charge in [0.05, 0.1) is 11.6 Å². The lowest BCUT2D eigenvalue weighted by atomic mass is 9.84. The number of nitrogens with one attached hydrogen (secondary N) is 2. The fourth-order valence-corrected chi connectivity index (χ4v) is 5.15. The minimum absolute atomic E-state index is 0.0702. The number of hydrogen-bond acceptors (Lipinski definition) is 3. The molecule has 6 rings (SSSR count). The number of carbonyl (C=O) groups is 2. The van der Waals surface area contributed by atoms with Crippen molar-refractivity contribution in [3.63, 3.8) is 0 Å². The van der Waals surface area contributed by atoms with Gasteiger partial charge in [0.15, 0.2) is 5.78 Å². The van der Waals surface area contributed by atoms with Crippen molar-refractivity contribution in [3.8, 4) is 11.3 Å². The lowest BCUT2D eigenvalue weighted by Gasteiger charge is -2.17. The number of anilines is 1. The van der Waals surface area contributed by atoms with Crippen LogP contribution in [0.4, 0.5) is 10.2 Å². The van der Waals surface area contributed by atoms with E-state index in [2.05, 4.69) is 34.3 Å². The number of halogens is 1. The van der Waals surface area contributed by atoms with Crippen LogP contribution in [0.1, 0.15) is 46.9 Å². The van der Waals surface area contributed by atoms with Crippen LogP contribution in [0.3, 0.4) is 0 Å². The zero-order valence-corrected chi connectivity index (χ0v) is 17.8. The first-order valence-electron chi connectivity index (χ1n) is 11.2. The van der Waals surface area contributed by atoms with Crippen LogP contribution < -0.4 is 5.32 Å². The SMILES string of the molecule is C[C@@]12Cc3[nH]c(-c4ccnc(NC(=O)[C@@H]5C[C@@H]5F)c4)c(Cc4ccccc4)c3C(=O)[C@@H]1C2. The van der Waals surface area contributed by atoms with E-state index in [1.165, 1.54) is 0 Å². The second-order valence-corrected chi connectivity index (χ2v) is 9.72. The zero-order chi connectivity index (χ0) is 22.0. The fourth-order valence-electron chi connectivity index (χ4n) is 5.15. The van der Waals surface area contributed by atoms with E-state index in [9.17, 15) is 14.0 Å². The minimum Gasteiger partial charge on any atom is -0.358 e. The van der Waals surface area contributed by atoms with Gasteiger partial charge in [-0.1, -0.05) is 37.3 Å². The van der Waals surface area contributed by atoms with Crippen molar-refractivity contribution in [2.75, 3.05) is 5.32 Å². The number of rotatable bonds is 5. The summed E-state index contributed by atoms with van der Waals surface area (Å²) >= 11 is 0. The summed E-state index contributed by atoms with van der Waals surface area (Å²) in [4.78, 5) is 33.3. The summed E-state index contributed by atoms with van der Waals surface area (Å²) in [6.45, 7) is 2.19. The van der Waals surface area contributed by atoms with Gasteiger partial charge in [0.1, 0.15) is 12.0 Å². The highest BCUT2D eigenvalue weighted by Gasteiger charge is 2.58. The van der Waals surface area contributed by atoms with Crippen LogP contribution in [0.5, 0.6) is 0 Å². The number of ketones is 1. The fraction of sp³-hybridized carbons (Fsp3) is 0.346. The van der Waals surface area contributed by atoms with Gasteiger partial charge in [-0.15, -0.1) is 0 Å². The number of amides is 1. The average molecular weight is 429 g/mol. The topological polar surface area (TPSA) is 74.8 Å². The van der Waals surface area contributed by atoms with E-state index in [1.54, 1.807) is 12.3 Å². The maximum atomic E-state index is 13.3. The number of nitrogens with zero attached hydrogens (tertiary/aromatic N) is 1. The molecule has 162 valence electrons. The standard InChI is InChI=1S/C26H24FN3O2/c1-26-12-18(26)24(31)22-17(9-14-5-3-2-4-6-14)23(29-20(22)13-26)15-7-8-28-21(10-15)30-25(32)16-11-19(16)27/h2-8,10,16,18-19,29H,9,11-13H2,1H3,(H,28,30,32)/t16-,18+,19+,26-/m1/s1. The monoisotopic (exact) mass is 429 g/mol. The Morgan fingerprint density at radius 1 is 1.28 bits per heavy atom. The third kappa shape index (κ3) is 3.17. The van der Waals surface area contributed by atoms with Crippen molar-refractivity contribution >= 4 is 17.5 Å². The highest BCUT2D eigenvalue weighted by atomic mass is 19.1. The van der Waals surface area contributed by atoms with Crippen molar-refractivity contribution in [3.05, 3.63) is 71.0 Å². The number of Topliss-reactive ketones (excluding diaryl/α,β-unsaturated/α-hetero) is 1. The molecule has 0 unspecified atom stereocenters. The van der Waals surface area contributed by atoms with E-state index in [4.69, 9.17) is 0 Å². The van der Waals surface area contributed by atoms with Crippen LogP contribution in [0, 0.1) is 17.3 Å². The van der Waals surface area contributed by atoms with Crippen LogP contribution in [0.2, 0.25) is 0 Å². The van der Waals surface area contributed by atoms with Gasteiger partial charge < -0.3 is 10.3 Å². The number of hydrogen-bond donors (Lipinski definition) is 2. The maximum absolute atomic E-state index is 13.3. The first kappa shape index (κ1) is 19.4. The Morgan fingerprint density at radius 2 is 2.06 bits per heavy atom. The molecule has 3 aliphatic rings. The third-order valence-corrected chi connectivity index (χ3v) is 7.25. The summed E-state index contributed by atoms with van der Waals surface area (Å²) in [6.07, 6.45) is 3.33. The Balaban J connectivity index is 1.40. The molecule has 0 bridgehead atoms. The molecule has 4 atom stereocenters. The van der Waals surface area contributed by atoms with Crippen molar-refractivity contribution in [1.29, 1.82) is 0 Å². The Labute approximate surface area is 185 Å². The molecule has 2 fully saturated rings. The molecule has 2 saturated carbocycles. The van der Waals surface area contributed by atoms with Gasteiger partial charge in [0.25, 0.3) is 0 Å². The smallest absolute Gasteiger partial charge is 0.231 e. The Hall–Kier alpha value is -3.28. The molecule has 0 saturated heterocycles. The molecule has 2 N–H and O–H groups in total. The van der Waals surface area contributed by atoms with Gasteiger partial charge in [-0.2, -0.15) is 0 Å². The van der Waals surface area contributed by atoms with Crippen LogP contribution >= 0.6 is 0 Å². The summed E-state index contributed by atoms with van der Waals surface area (Å²) in [7, 11) is 0. The molecule has 32 heavy (non-hydrogen) atoms. The molecule has 1 amide bonds. The average Bonchev–Trinajstić information content (AvgIpc) is 3.65. The Kier molecular flexibility index (Phi) is 4.16. The molecule has 3 aliphatic carbocycles. The summed E-state index contributed by atoms with van der Waals surface area (Å²) < 4.78 is 13.2. The van der Waals surface area contributed by atoms with Gasteiger partial charge in [-0.25, -0.2) is 9.37 Å². The van der Waals surface area contributed by atoms with E-state index in [0.29, 0.717) is 12.2 Å². The van der Waals surface area contributed by atoms with Gasteiger partial charge in [-0.05, 0) is 47.9 Å². The van der Waals surface area contributed by atoms with Crippen LogP contribution in [0.25, 0.3) is 11.3 Å². The number of alkyl halides is 1. The van der Waals surface area contributed by atoms with Crippen LogP contribution in [0.15, 0.2) is 48.7 Å². The van der Waals surface area contributed by atoms with Crippen LogP contribution in [-0.4, -0.2) is 27.8 Å². The number of carbonyl (C=O) groups excluding carboxylic acids is 2. The first-order chi connectivity index (χ1) is 15.4. The number of fused-ring (bicyclic) bond motifs is 2. The Morgan fingerprint density at radius 3 is 2.81 bits per heavy atom. The van der Waals surface area contributed by atoms with Gasteiger partial charge in [0.2, 0.25) is 5.91 Å². The highest BCUT2D eigenvalue weighted by Crippen LogP contribution is 2.59. The normalized spacial score (nSPS) is 27.4. The maximum Gasteiger partial charge on any atom is 0.231 e. The number of aromatic amines is 1. The van der Waals surface area contributed by atoms with Crippen LogP contribution in [-0.2, 0) is 17.6 Å². The van der Waals surface area contributed by atoms with Crippen molar-refractivity contribution in [2.24, 2.45) is 17.3 Å².